The molecule has 0 radical (unpaired) electrons. The second-order valence-corrected chi connectivity index (χ2v) is 7.45. The van der Waals surface area contributed by atoms with Gasteiger partial charge in [0.1, 0.15) is 4.90 Å². The lowest BCUT2D eigenvalue weighted by Gasteiger charge is -2.25. The summed E-state index contributed by atoms with van der Waals surface area (Å²) >= 11 is 12.1. The Kier molecular flexibility index (Phi) is 4.82. The fraction of sp³-hybridized carbons (Fsp3) is 0.462. The van der Waals surface area contributed by atoms with E-state index in [4.69, 9.17) is 28.3 Å². The maximum absolute atomic E-state index is 12.6. The molecule has 2 rings (SSSR count). The Balaban J connectivity index is 2.45. The minimum absolute atomic E-state index is 0.0146. The number of amides is 1. The van der Waals surface area contributed by atoms with Crippen LogP contribution < -0.4 is 5.14 Å². The van der Waals surface area contributed by atoms with Crippen LogP contribution in [0.15, 0.2) is 17.0 Å². The average molecular weight is 351 g/mol. The standard InChI is InChI=1S/C13H16Cl2N2O3S/c1-17(8-4-2-3-5-8)13(18)11-9(14)6-7-10(12(11)15)21(16,19)20/h6-8H,2-5H2,1H3,(H2,16,19,20). The van der Waals surface area contributed by atoms with Gasteiger partial charge in [0.2, 0.25) is 10.0 Å². The van der Waals surface area contributed by atoms with Gasteiger partial charge in [-0.3, -0.25) is 4.79 Å². The smallest absolute Gasteiger partial charge is 0.256 e. The van der Waals surface area contributed by atoms with E-state index in [1.54, 1.807) is 11.9 Å². The van der Waals surface area contributed by atoms with Gasteiger partial charge in [-0.15, -0.1) is 0 Å². The Morgan fingerprint density at radius 2 is 1.86 bits per heavy atom. The largest absolute Gasteiger partial charge is 0.339 e. The Labute approximate surface area is 134 Å². The zero-order valence-corrected chi connectivity index (χ0v) is 13.8. The second-order valence-electron chi connectivity index (χ2n) is 5.13. The van der Waals surface area contributed by atoms with E-state index in [2.05, 4.69) is 0 Å². The third kappa shape index (κ3) is 3.34. The van der Waals surface area contributed by atoms with Crippen LogP contribution in [0.2, 0.25) is 10.0 Å². The fourth-order valence-corrected chi connectivity index (χ4v) is 4.05. The van der Waals surface area contributed by atoms with Crippen LogP contribution in [0.25, 0.3) is 0 Å². The molecule has 0 saturated heterocycles. The van der Waals surface area contributed by atoms with Crippen LogP contribution in [0.4, 0.5) is 0 Å². The first-order chi connectivity index (χ1) is 9.73. The molecular weight excluding hydrogens is 335 g/mol. The lowest BCUT2D eigenvalue weighted by atomic mass is 10.1. The summed E-state index contributed by atoms with van der Waals surface area (Å²) in [4.78, 5) is 13.9. The van der Waals surface area contributed by atoms with Gasteiger partial charge in [0.05, 0.1) is 15.6 Å². The summed E-state index contributed by atoms with van der Waals surface area (Å²) < 4.78 is 23.0. The van der Waals surface area contributed by atoms with Crippen molar-refractivity contribution in [2.24, 2.45) is 5.14 Å². The molecule has 0 unspecified atom stereocenters. The van der Waals surface area contributed by atoms with Crippen molar-refractivity contribution in [1.82, 2.24) is 4.90 Å². The van der Waals surface area contributed by atoms with Gasteiger partial charge in [0, 0.05) is 13.1 Å². The zero-order chi connectivity index (χ0) is 15.8. The first-order valence-corrected chi connectivity index (χ1v) is 8.81. The molecule has 0 heterocycles. The number of carbonyl (C=O) groups excluding carboxylic acids is 1. The molecule has 0 atom stereocenters. The Bertz CT molecular complexity index is 670. The zero-order valence-electron chi connectivity index (χ0n) is 11.5. The van der Waals surface area contributed by atoms with E-state index < -0.39 is 10.0 Å². The van der Waals surface area contributed by atoms with Crippen LogP contribution in [-0.4, -0.2) is 32.3 Å². The van der Waals surface area contributed by atoms with E-state index in [0.717, 1.165) is 25.7 Å². The van der Waals surface area contributed by atoms with E-state index in [1.807, 2.05) is 0 Å². The molecule has 1 fully saturated rings. The van der Waals surface area contributed by atoms with Gasteiger partial charge in [0.15, 0.2) is 0 Å². The van der Waals surface area contributed by atoms with E-state index in [0.29, 0.717) is 0 Å². The molecule has 1 aromatic rings. The summed E-state index contributed by atoms with van der Waals surface area (Å²) in [5.41, 5.74) is -0.0146. The Morgan fingerprint density at radius 1 is 1.29 bits per heavy atom. The van der Waals surface area contributed by atoms with Crippen molar-refractivity contribution in [1.29, 1.82) is 0 Å². The van der Waals surface area contributed by atoms with Crippen LogP contribution >= 0.6 is 23.2 Å². The predicted octanol–water partition coefficient (Wildman–Crippen LogP) is 2.66. The maximum Gasteiger partial charge on any atom is 0.256 e. The molecule has 0 aliphatic heterocycles. The van der Waals surface area contributed by atoms with Crippen molar-refractivity contribution in [3.05, 3.63) is 27.7 Å². The molecule has 1 saturated carbocycles. The molecule has 0 aromatic heterocycles. The minimum atomic E-state index is -4.01. The number of hydrogen-bond donors (Lipinski definition) is 1. The molecule has 21 heavy (non-hydrogen) atoms. The molecule has 8 heteroatoms. The Hall–Kier alpha value is -0.820. The molecule has 0 bridgehead atoms. The molecular formula is C13H16Cl2N2O3S. The van der Waals surface area contributed by atoms with Crippen molar-refractivity contribution in [2.75, 3.05) is 7.05 Å². The van der Waals surface area contributed by atoms with E-state index >= 15 is 0 Å². The molecule has 0 spiro atoms. The van der Waals surface area contributed by atoms with Crippen LogP contribution in [0.5, 0.6) is 0 Å². The highest BCUT2D eigenvalue weighted by molar-refractivity contribution is 7.89. The van der Waals surface area contributed by atoms with E-state index in [1.165, 1.54) is 12.1 Å². The number of halogens is 2. The summed E-state index contributed by atoms with van der Waals surface area (Å²) in [5.74, 6) is -0.387. The lowest BCUT2D eigenvalue weighted by molar-refractivity contribution is 0.0735. The van der Waals surface area contributed by atoms with Crippen molar-refractivity contribution < 1.29 is 13.2 Å². The average Bonchev–Trinajstić information content (AvgIpc) is 2.89. The number of primary sulfonamides is 1. The SMILES string of the molecule is CN(C(=O)c1c(Cl)ccc(S(N)(=O)=O)c1Cl)C1CCCC1. The van der Waals surface area contributed by atoms with Gasteiger partial charge in [-0.25, -0.2) is 13.6 Å². The fourth-order valence-electron chi connectivity index (χ4n) is 2.58. The normalized spacial score (nSPS) is 16.2. The van der Waals surface area contributed by atoms with Crippen molar-refractivity contribution in [3.8, 4) is 0 Å². The van der Waals surface area contributed by atoms with Gasteiger partial charge < -0.3 is 4.90 Å². The summed E-state index contributed by atoms with van der Waals surface area (Å²) in [6.45, 7) is 0. The van der Waals surface area contributed by atoms with Gasteiger partial charge in [-0.2, -0.15) is 0 Å². The third-order valence-corrected chi connectivity index (χ3v) is 5.54. The number of carbonyl (C=O) groups is 1. The Morgan fingerprint density at radius 3 is 2.38 bits per heavy atom. The van der Waals surface area contributed by atoms with Crippen molar-refractivity contribution >= 4 is 39.1 Å². The summed E-state index contributed by atoms with van der Waals surface area (Å²) in [7, 11) is -2.34. The molecule has 116 valence electrons. The van der Waals surface area contributed by atoms with E-state index in [-0.39, 0.29) is 32.5 Å². The van der Waals surface area contributed by atoms with Gasteiger partial charge in [0.25, 0.3) is 5.91 Å². The number of sulfonamides is 1. The van der Waals surface area contributed by atoms with Crippen LogP contribution in [-0.2, 0) is 10.0 Å². The third-order valence-electron chi connectivity index (χ3n) is 3.77. The monoisotopic (exact) mass is 350 g/mol. The lowest BCUT2D eigenvalue weighted by Crippen LogP contribution is -2.35. The molecule has 5 nitrogen and oxygen atoms in total. The highest BCUT2D eigenvalue weighted by Gasteiger charge is 2.29. The highest BCUT2D eigenvalue weighted by atomic mass is 35.5. The van der Waals surface area contributed by atoms with Crippen molar-refractivity contribution in [2.45, 2.75) is 36.6 Å². The van der Waals surface area contributed by atoms with Crippen LogP contribution in [0, 0.1) is 0 Å². The molecule has 2 N–H and O–H groups in total. The summed E-state index contributed by atoms with van der Waals surface area (Å²) in [5, 5.41) is 4.99. The number of hydrogen-bond acceptors (Lipinski definition) is 3. The molecule has 1 aliphatic carbocycles. The summed E-state index contributed by atoms with van der Waals surface area (Å²) in [6.07, 6.45) is 3.99. The second kappa shape index (κ2) is 6.12. The quantitative estimate of drug-likeness (QED) is 0.909. The maximum atomic E-state index is 12.6. The number of benzene rings is 1. The van der Waals surface area contributed by atoms with Crippen LogP contribution in [0.1, 0.15) is 36.0 Å². The number of rotatable bonds is 3. The number of nitrogens with zero attached hydrogens (tertiary/aromatic N) is 1. The van der Waals surface area contributed by atoms with Crippen LogP contribution in [0.3, 0.4) is 0 Å². The molecule has 1 amide bonds. The van der Waals surface area contributed by atoms with E-state index in [9.17, 15) is 13.2 Å². The van der Waals surface area contributed by atoms with Gasteiger partial charge in [-0.1, -0.05) is 36.0 Å². The molecule has 1 aromatic carbocycles. The minimum Gasteiger partial charge on any atom is -0.339 e. The first-order valence-electron chi connectivity index (χ1n) is 6.51. The highest BCUT2D eigenvalue weighted by Crippen LogP contribution is 2.33. The number of nitrogens with two attached hydrogens (primary N) is 1. The first kappa shape index (κ1) is 16.5. The van der Waals surface area contributed by atoms with Gasteiger partial charge in [-0.05, 0) is 25.0 Å². The summed E-state index contributed by atoms with van der Waals surface area (Å²) in [6, 6.07) is 2.65. The molecule has 1 aliphatic rings. The van der Waals surface area contributed by atoms with Crippen molar-refractivity contribution in [3.63, 3.8) is 0 Å². The van der Waals surface area contributed by atoms with Gasteiger partial charge >= 0.3 is 0 Å². The topological polar surface area (TPSA) is 80.5 Å². The predicted molar refractivity (Wildman–Crippen MR) is 82.2 cm³/mol.